The molecule has 150 valence electrons. The van der Waals surface area contributed by atoms with Crippen molar-refractivity contribution in [1.29, 1.82) is 0 Å². The Hall–Kier alpha value is -3.09. The zero-order valence-corrected chi connectivity index (χ0v) is 17.1. The number of aromatic nitrogens is 2. The molecule has 0 saturated carbocycles. The van der Waals surface area contributed by atoms with Crippen molar-refractivity contribution < 1.29 is 9.53 Å². The molecule has 6 heteroatoms. The lowest BCUT2D eigenvalue weighted by molar-refractivity contribution is 0.0879. The lowest BCUT2D eigenvalue weighted by Crippen LogP contribution is -2.37. The first-order valence-corrected chi connectivity index (χ1v) is 10.9. The number of pyridine rings is 1. The molecule has 2 aromatic heterocycles. The minimum Gasteiger partial charge on any atom is -0.489 e. The molecule has 2 atom stereocenters. The van der Waals surface area contributed by atoms with Crippen molar-refractivity contribution >= 4 is 28.6 Å². The highest BCUT2D eigenvalue weighted by molar-refractivity contribution is 7.99. The molecule has 4 aromatic rings. The Kier molecular flexibility index (Phi) is 5.26. The molecule has 0 unspecified atom stereocenters. The topological polar surface area (TPSA) is 56.2 Å². The number of thioether (sulfide) groups is 1. The summed E-state index contributed by atoms with van der Waals surface area (Å²) in [5.41, 5.74) is 3.06. The first-order chi connectivity index (χ1) is 14.8. The molecule has 30 heavy (non-hydrogen) atoms. The molecule has 1 fully saturated rings. The first-order valence-electron chi connectivity index (χ1n) is 9.87. The van der Waals surface area contributed by atoms with Crippen molar-refractivity contribution in [3.63, 3.8) is 0 Å². The highest BCUT2D eigenvalue weighted by Gasteiger charge is 2.31. The van der Waals surface area contributed by atoms with Crippen LogP contribution in [0.2, 0.25) is 0 Å². The van der Waals surface area contributed by atoms with Gasteiger partial charge in [-0.25, -0.2) is 0 Å². The van der Waals surface area contributed by atoms with E-state index in [1.807, 2.05) is 79.1 Å². The summed E-state index contributed by atoms with van der Waals surface area (Å²) >= 11 is 1.73. The lowest BCUT2D eigenvalue weighted by Gasteiger charge is -2.14. The summed E-state index contributed by atoms with van der Waals surface area (Å²) in [7, 11) is 0. The average Bonchev–Trinajstić information content (AvgIpc) is 3.46. The average molecular weight is 416 g/mol. The minimum absolute atomic E-state index is 0.0455. The van der Waals surface area contributed by atoms with Crippen LogP contribution in [0.15, 0.2) is 85.3 Å². The molecule has 0 spiro atoms. The standard InChI is InChI=1S/C24H21N3O2S/c28-24(21-16-30-23(26-21)19-7-4-11-25-14-19)27-12-10-18-8-9-20(13-22(18)27)29-15-17-5-2-1-3-6-17/h1-14,21,23,26H,15-16H2/t21-,23+/m0/s1. The van der Waals surface area contributed by atoms with E-state index in [9.17, 15) is 4.79 Å². The smallest absolute Gasteiger partial charge is 0.249 e. The third-order valence-electron chi connectivity index (χ3n) is 5.22. The van der Waals surface area contributed by atoms with Crippen molar-refractivity contribution in [1.82, 2.24) is 14.9 Å². The number of hydrogen-bond donors (Lipinski definition) is 1. The molecule has 0 bridgehead atoms. The summed E-state index contributed by atoms with van der Waals surface area (Å²) in [4.78, 5) is 17.4. The fourth-order valence-electron chi connectivity index (χ4n) is 3.64. The third-order valence-corrected chi connectivity index (χ3v) is 6.49. The van der Waals surface area contributed by atoms with E-state index in [1.165, 1.54) is 0 Å². The minimum atomic E-state index is -0.246. The van der Waals surface area contributed by atoms with Crippen LogP contribution < -0.4 is 10.1 Å². The Morgan fingerprint density at radius 3 is 2.87 bits per heavy atom. The van der Waals surface area contributed by atoms with Gasteiger partial charge in [-0.15, -0.1) is 11.8 Å². The summed E-state index contributed by atoms with van der Waals surface area (Å²) in [6, 6.07) is 21.6. The molecular formula is C24H21N3O2S. The number of nitrogens with one attached hydrogen (secondary N) is 1. The van der Waals surface area contributed by atoms with E-state index in [1.54, 1.807) is 22.5 Å². The Morgan fingerprint density at radius 1 is 1.13 bits per heavy atom. The molecule has 5 nitrogen and oxygen atoms in total. The quantitative estimate of drug-likeness (QED) is 0.514. The van der Waals surface area contributed by atoms with Crippen LogP contribution in [0.1, 0.15) is 21.3 Å². The molecule has 1 aliphatic heterocycles. The molecule has 0 radical (unpaired) electrons. The number of rotatable bonds is 5. The maximum Gasteiger partial charge on any atom is 0.249 e. The Morgan fingerprint density at radius 2 is 2.03 bits per heavy atom. The molecule has 2 aromatic carbocycles. The molecule has 3 heterocycles. The molecule has 1 saturated heterocycles. The highest BCUT2D eigenvalue weighted by atomic mass is 32.2. The molecule has 1 aliphatic rings. The second kappa shape index (κ2) is 8.34. The largest absolute Gasteiger partial charge is 0.489 e. The molecule has 5 rings (SSSR count). The summed E-state index contributed by atoms with van der Waals surface area (Å²) in [6.45, 7) is 0.495. The van der Waals surface area contributed by atoms with Gasteiger partial charge in [0.25, 0.3) is 0 Å². The maximum absolute atomic E-state index is 13.2. The van der Waals surface area contributed by atoms with E-state index >= 15 is 0 Å². The highest BCUT2D eigenvalue weighted by Crippen LogP contribution is 2.33. The van der Waals surface area contributed by atoms with Crippen molar-refractivity contribution in [3.8, 4) is 5.75 Å². The number of hydrogen-bond acceptors (Lipinski definition) is 5. The van der Waals surface area contributed by atoms with Crippen LogP contribution in [0.25, 0.3) is 10.9 Å². The summed E-state index contributed by atoms with van der Waals surface area (Å²) < 4.78 is 7.68. The summed E-state index contributed by atoms with van der Waals surface area (Å²) in [5.74, 6) is 1.52. The van der Waals surface area contributed by atoms with E-state index < -0.39 is 0 Å². The predicted octanol–water partition coefficient (Wildman–Crippen LogP) is 4.66. The van der Waals surface area contributed by atoms with Crippen LogP contribution >= 0.6 is 11.8 Å². The number of fused-ring (bicyclic) bond motifs is 1. The van der Waals surface area contributed by atoms with Crippen LogP contribution in [0.3, 0.4) is 0 Å². The van der Waals surface area contributed by atoms with Crippen molar-refractivity contribution in [3.05, 3.63) is 96.4 Å². The van der Waals surface area contributed by atoms with E-state index in [4.69, 9.17) is 4.74 Å². The van der Waals surface area contributed by atoms with Gasteiger partial charge in [-0.3, -0.25) is 19.7 Å². The Balaban J connectivity index is 1.33. The zero-order chi connectivity index (χ0) is 20.3. The van der Waals surface area contributed by atoms with Gasteiger partial charge < -0.3 is 4.74 Å². The predicted molar refractivity (Wildman–Crippen MR) is 120 cm³/mol. The van der Waals surface area contributed by atoms with Gasteiger partial charge in [0, 0.05) is 35.8 Å². The van der Waals surface area contributed by atoms with Crippen molar-refractivity contribution in [2.45, 2.75) is 18.0 Å². The number of benzene rings is 2. The van der Waals surface area contributed by atoms with Crippen molar-refractivity contribution in [2.24, 2.45) is 0 Å². The normalized spacial score (nSPS) is 18.5. The number of carbonyl (C=O) groups excluding carboxylic acids is 1. The van der Waals surface area contributed by atoms with Crippen molar-refractivity contribution in [2.75, 3.05) is 5.75 Å². The SMILES string of the molecule is O=C([C@@H]1CS[C@H](c2cccnc2)N1)n1ccc2ccc(OCc3ccccc3)cc21. The third kappa shape index (κ3) is 3.84. The van der Waals surface area contributed by atoms with Gasteiger partial charge in [0.05, 0.1) is 16.9 Å². The second-order valence-corrected chi connectivity index (χ2v) is 8.38. The fraction of sp³-hybridized carbons (Fsp3) is 0.167. The monoisotopic (exact) mass is 415 g/mol. The summed E-state index contributed by atoms with van der Waals surface area (Å²) in [6.07, 6.45) is 5.45. The lowest BCUT2D eigenvalue weighted by atomic mass is 10.2. The zero-order valence-electron chi connectivity index (χ0n) is 16.3. The van der Waals surface area contributed by atoms with Gasteiger partial charge in [0.1, 0.15) is 12.4 Å². The molecule has 1 N–H and O–H groups in total. The van der Waals surface area contributed by atoms with Gasteiger partial charge in [0.2, 0.25) is 5.91 Å². The Bertz CT molecular complexity index is 1160. The second-order valence-electron chi connectivity index (χ2n) is 7.24. The molecule has 0 aliphatic carbocycles. The van der Waals surface area contributed by atoms with E-state index in [-0.39, 0.29) is 17.3 Å². The first kappa shape index (κ1) is 18.9. The Labute approximate surface area is 179 Å². The number of carbonyl (C=O) groups is 1. The fourth-order valence-corrected chi connectivity index (χ4v) is 4.85. The van der Waals surface area contributed by atoms with Crippen LogP contribution in [-0.2, 0) is 6.61 Å². The van der Waals surface area contributed by atoms with E-state index in [0.29, 0.717) is 6.61 Å². The number of nitrogens with zero attached hydrogens (tertiary/aromatic N) is 2. The summed E-state index contributed by atoms with van der Waals surface area (Å²) in [5, 5.41) is 4.54. The van der Waals surface area contributed by atoms with Gasteiger partial charge in [-0.2, -0.15) is 0 Å². The van der Waals surface area contributed by atoms with Crippen LogP contribution in [0, 0.1) is 0 Å². The maximum atomic E-state index is 13.2. The van der Waals surface area contributed by atoms with E-state index in [2.05, 4.69) is 10.3 Å². The number of ether oxygens (including phenoxy) is 1. The van der Waals surface area contributed by atoms with Gasteiger partial charge in [-0.05, 0) is 35.4 Å². The van der Waals surface area contributed by atoms with Gasteiger partial charge in [-0.1, -0.05) is 36.4 Å². The van der Waals surface area contributed by atoms with Gasteiger partial charge >= 0.3 is 0 Å². The van der Waals surface area contributed by atoms with Gasteiger partial charge in [0.15, 0.2) is 0 Å². The van der Waals surface area contributed by atoms with Crippen LogP contribution in [0.5, 0.6) is 5.75 Å². The van der Waals surface area contributed by atoms with Crippen LogP contribution in [0.4, 0.5) is 0 Å². The molecule has 0 amide bonds. The molecular weight excluding hydrogens is 394 g/mol. The van der Waals surface area contributed by atoms with E-state index in [0.717, 1.165) is 33.5 Å². The van der Waals surface area contributed by atoms with Crippen LogP contribution in [-0.4, -0.2) is 27.3 Å².